The second-order valence-corrected chi connectivity index (χ2v) is 4.59. The van der Waals surface area contributed by atoms with Crippen molar-refractivity contribution in [1.29, 1.82) is 0 Å². The Morgan fingerprint density at radius 3 is 2.85 bits per heavy atom. The van der Waals surface area contributed by atoms with Crippen LogP contribution in [0.15, 0.2) is 24.4 Å². The minimum Gasteiger partial charge on any atom is -0.494 e. The Bertz CT molecular complexity index is 570. The fraction of sp³-hybridized carbons (Fsp3) is 0.429. The van der Waals surface area contributed by atoms with Gasteiger partial charge in [-0.3, -0.25) is 4.68 Å². The Morgan fingerprint density at radius 1 is 1.45 bits per heavy atom. The van der Waals surface area contributed by atoms with Gasteiger partial charge in [0.1, 0.15) is 0 Å². The minimum atomic E-state index is -0.356. The fourth-order valence-electron chi connectivity index (χ4n) is 2.15. The van der Waals surface area contributed by atoms with E-state index in [0.717, 1.165) is 17.8 Å². The number of aromatic nitrogens is 3. The van der Waals surface area contributed by atoms with Crippen molar-refractivity contribution in [3.8, 4) is 5.75 Å². The number of aryl methyl sites for hydroxylation is 1. The number of halogens is 1. The van der Waals surface area contributed by atoms with Crippen molar-refractivity contribution in [3.05, 3.63) is 41.5 Å². The molecule has 0 aliphatic carbocycles. The van der Waals surface area contributed by atoms with E-state index < -0.39 is 0 Å². The molecule has 0 bridgehead atoms. The summed E-state index contributed by atoms with van der Waals surface area (Å²) in [6.45, 7) is 2.84. The number of nitrogens with zero attached hydrogens (tertiary/aromatic N) is 3. The first-order valence-electron chi connectivity index (χ1n) is 6.56. The van der Waals surface area contributed by atoms with Crippen molar-refractivity contribution < 1.29 is 9.13 Å². The van der Waals surface area contributed by atoms with Crippen LogP contribution >= 0.6 is 0 Å². The van der Waals surface area contributed by atoms with Crippen molar-refractivity contribution >= 4 is 0 Å². The molecule has 1 heterocycles. The molecule has 1 atom stereocenters. The molecule has 20 heavy (non-hydrogen) atoms. The molecule has 0 saturated carbocycles. The molecule has 1 aromatic carbocycles. The average molecular weight is 278 g/mol. The van der Waals surface area contributed by atoms with Crippen LogP contribution in [0.25, 0.3) is 0 Å². The summed E-state index contributed by atoms with van der Waals surface area (Å²) >= 11 is 0. The van der Waals surface area contributed by atoms with Crippen LogP contribution in [0.5, 0.6) is 5.75 Å². The highest BCUT2D eigenvalue weighted by Gasteiger charge is 2.15. The number of ether oxygens (including phenoxy) is 1. The van der Waals surface area contributed by atoms with Gasteiger partial charge in [0, 0.05) is 25.7 Å². The Labute approximate surface area is 117 Å². The number of methoxy groups -OCH3 is 1. The van der Waals surface area contributed by atoms with Gasteiger partial charge in [-0.1, -0.05) is 18.2 Å². The molecule has 2 rings (SSSR count). The van der Waals surface area contributed by atoms with Gasteiger partial charge in [-0.2, -0.15) is 0 Å². The third kappa shape index (κ3) is 3.33. The van der Waals surface area contributed by atoms with Crippen molar-refractivity contribution in [2.75, 3.05) is 13.7 Å². The quantitative estimate of drug-likeness (QED) is 0.876. The largest absolute Gasteiger partial charge is 0.494 e. The molecular weight excluding hydrogens is 259 g/mol. The van der Waals surface area contributed by atoms with Gasteiger partial charge in [-0.15, -0.1) is 5.10 Å². The third-order valence-electron chi connectivity index (χ3n) is 3.09. The van der Waals surface area contributed by atoms with Gasteiger partial charge in [0.05, 0.1) is 12.8 Å². The number of benzene rings is 1. The third-order valence-corrected chi connectivity index (χ3v) is 3.09. The predicted octanol–water partition coefficient (Wildman–Crippen LogP) is 1.86. The first-order chi connectivity index (χ1) is 9.63. The Hall–Kier alpha value is -1.95. The van der Waals surface area contributed by atoms with Crippen LogP contribution in [0.3, 0.4) is 0 Å². The van der Waals surface area contributed by atoms with Gasteiger partial charge in [0.15, 0.2) is 11.6 Å². The van der Waals surface area contributed by atoms with Gasteiger partial charge >= 0.3 is 0 Å². The molecule has 1 aromatic heterocycles. The molecule has 0 aliphatic heterocycles. The number of hydrogen-bond donors (Lipinski definition) is 1. The SMILES string of the molecule is CCNC(Cc1cn(C)nn1)c1ccc(F)c(OC)c1. The van der Waals surface area contributed by atoms with E-state index in [4.69, 9.17) is 4.74 Å². The minimum absolute atomic E-state index is 0.0474. The van der Waals surface area contributed by atoms with Gasteiger partial charge in [-0.05, 0) is 24.2 Å². The first-order valence-corrected chi connectivity index (χ1v) is 6.56. The summed E-state index contributed by atoms with van der Waals surface area (Å²) in [5.74, 6) is -0.101. The van der Waals surface area contributed by atoms with Crippen molar-refractivity contribution in [3.63, 3.8) is 0 Å². The summed E-state index contributed by atoms with van der Waals surface area (Å²) in [6.07, 6.45) is 2.57. The van der Waals surface area contributed by atoms with Crippen LogP contribution < -0.4 is 10.1 Å². The van der Waals surface area contributed by atoms with Crippen LogP contribution in [0.1, 0.15) is 24.2 Å². The highest BCUT2D eigenvalue weighted by Crippen LogP contribution is 2.24. The van der Waals surface area contributed by atoms with Crippen molar-refractivity contribution in [2.24, 2.45) is 7.05 Å². The maximum Gasteiger partial charge on any atom is 0.165 e. The monoisotopic (exact) mass is 278 g/mol. The van der Waals surface area contributed by atoms with Crippen LogP contribution in [0.2, 0.25) is 0 Å². The second-order valence-electron chi connectivity index (χ2n) is 4.59. The zero-order valence-corrected chi connectivity index (χ0v) is 11.9. The van der Waals surface area contributed by atoms with Crippen molar-refractivity contribution in [2.45, 2.75) is 19.4 Å². The fourth-order valence-corrected chi connectivity index (χ4v) is 2.15. The molecule has 0 radical (unpaired) electrons. The molecular formula is C14H19FN4O. The lowest BCUT2D eigenvalue weighted by Gasteiger charge is -2.18. The Morgan fingerprint density at radius 2 is 2.25 bits per heavy atom. The maximum atomic E-state index is 13.5. The van der Waals surface area contributed by atoms with Gasteiger partial charge < -0.3 is 10.1 Å². The first kappa shape index (κ1) is 14.5. The van der Waals surface area contributed by atoms with E-state index in [1.807, 2.05) is 20.2 Å². The zero-order chi connectivity index (χ0) is 14.5. The van der Waals surface area contributed by atoms with Gasteiger partial charge in [0.25, 0.3) is 0 Å². The normalized spacial score (nSPS) is 12.4. The smallest absolute Gasteiger partial charge is 0.165 e. The molecule has 0 spiro atoms. The van der Waals surface area contributed by atoms with E-state index in [-0.39, 0.29) is 17.6 Å². The molecule has 5 nitrogen and oxygen atoms in total. The van der Waals surface area contributed by atoms with Crippen LogP contribution in [0, 0.1) is 5.82 Å². The molecule has 0 fully saturated rings. The van der Waals surface area contributed by atoms with E-state index in [2.05, 4.69) is 15.6 Å². The molecule has 108 valence electrons. The molecule has 6 heteroatoms. The Balaban J connectivity index is 2.23. The number of nitrogens with one attached hydrogen (secondary N) is 1. The van der Waals surface area contributed by atoms with Crippen LogP contribution in [-0.2, 0) is 13.5 Å². The summed E-state index contributed by atoms with van der Waals surface area (Å²) in [6, 6.07) is 4.96. The summed E-state index contributed by atoms with van der Waals surface area (Å²) in [4.78, 5) is 0. The maximum absolute atomic E-state index is 13.5. The zero-order valence-electron chi connectivity index (χ0n) is 11.9. The summed E-state index contributed by atoms with van der Waals surface area (Å²) in [7, 11) is 3.30. The summed E-state index contributed by atoms with van der Waals surface area (Å²) in [5.41, 5.74) is 1.86. The number of hydrogen-bond acceptors (Lipinski definition) is 4. The highest BCUT2D eigenvalue weighted by molar-refractivity contribution is 5.32. The lowest BCUT2D eigenvalue weighted by atomic mass is 10.0. The summed E-state index contributed by atoms with van der Waals surface area (Å²) < 4.78 is 20.2. The standard InChI is InChI=1S/C14H19FN4O/c1-4-16-13(8-11-9-19(2)18-17-11)10-5-6-12(15)14(7-10)20-3/h5-7,9,13,16H,4,8H2,1-3H3. The van der Waals surface area contributed by atoms with Gasteiger partial charge in [0.2, 0.25) is 0 Å². The highest BCUT2D eigenvalue weighted by atomic mass is 19.1. The molecule has 1 unspecified atom stereocenters. The number of rotatable bonds is 6. The lowest BCUT2D eigenvalue weighted by molar-refractivity contribution is 0.384. The van der Waals surface area contributed by atoms with E-state index in [1.54, 1.807) is 16.8 Å². The molecule has 1 N–H and O–H groups in total. The molecule has 0 aliphatic rings. The predicted molar refractivity (Wildman–Crippen MR) is 74.1 cm³/mol. The van der Waals surface area contributed by atoms with E-state index in [1.165, 1.54) is 13.2 Å². The Kier molecular flexibility index (Phi) is 4.68. The van der Waals surface area contributed by atoms with Crippen molar-refractivity contribution in [1.82, 2.24) is 20.3 Å². The topological polar surface area (TPSA) is 52.0 Å². The second kappa shape index (κ2) is 6.47. The average Bonchev–Trinajstić information content (AvgIpc) is 2.84. The number of likely N-dealkylation sites (N-methyl/N-ethyl adjacent to an activating group) is 1. The molecule has 0 saturated heterocycles. The summed E-state index contributed by atoms with van der Waals surface area (Å²) in [5, 5.41) is 11.4. The lowest BCUT2D eigenvalue weighted by Crippen LogP contribution is -2.23. The van der Waals surface area contributed by atoms with Crippen LogP contribution in [-0.4, -0.2) is 28.6 Å². The van der Waals surface area contributed by atoms with Crippen LogP contribution in [0.4, 0.5) is 4.39 Å². The molecule has 0 amide bonds. The van der Waals surface area contributed by atoms with E-state index >= 15 is 0 Å². The molecule has 2 aromatic rings. The van der Waals surface area contributed by atoms with E-state index in [9.17, 15) is 4.39 Å². The van der Waals surface area contributed by atoms with Gasteiger partial charge in [-0.25, -0.2) is 4.39 Å². The van der Waals surface area contributed by atoms with E-state index in [0.29, 0.717) is 6.42 Å².